The zero-order valence-corrected chi connectivity index (χ0v) is 10.8. The van der Waals surface area contributed by atoms with Crippen molar-refractivity contribution in [2.45, 2.75) is 44.9 Å². The standard InChI is InChI=1S/C13H25NO3/c1-2-5-14-12(10-13-16-8-9-17-13)11-3-6-15-7-4-11/h11-14H,2-10H2,1H3. The van der Waals surface area contributed by atoms with Gasteiger partial charge in [-0.2, -0.15) is 0 Å². The van der Waals surface area contributed by atoms with Crippen LogP contribution in [0.5, 0.6) is 0 Å². The molecule has 0 radical (unpaired) electrons. The van der Waals surface area contributed by atoms with Crippen LogP contribution in [0.1, 0.15) is 32.6 Å². The second kappa shape index (κ2) is 7.31. The number of ether oxygens (including phenoxy) is 3. The van der Waals surface area contributed by atoms with Gasteiger partial charge in [0.25, 0.3) is 0 Å². The van der Waals surface area contributed by atoms with E-state index >= 15 is 0 Å². The third kappa shape index (κ3) is 4.21. The SMILES string of the molecule is CCCNC(CC1OCCO1)C1CCOCC1. The summed E-state index contributed by atoms with van der Waals surface area (Å²) in [6, 6.07) is 0.516. The first kappa shape index (κ1) is 13.3. The first-order valence-corrected chi connectivity index (χ1v) is 6.94. The molecule has 17 heavy (non-hydrogen) atoms. The molecule has 0 aromatic heterocycles. The van der Waals surface area contributed by atoms with Gasteiger partial charge in [-0.25, -0.2) is 0 Å². The molecule has 2 aliphatic rings. The average molecular weight is 243 g/mol. The number of hydrogen-bond acceptors (Lipinski definition) is 4. The monoisotopic (exact) mass is 243 g/mol. The molecule has 0 saturated carbocycles. The van der Waals surface area contributed by atoms with Crippen molar-refractivity contribution in [3.63, 3.8) is 0 Å². The Hall–Kier alpha value is -0.160. The van der Waals surface area contributed by atoms with Gasteiger partial charge in [0.05, 0.1) is 13.2 Å². The maximum absolute atomic E-state index is 5.56. The summed E-state index contributed by atoms with van der Waals surface area (Å²) in [4.78, 5) is 0. The van der Waals surface area contributed by atoms with E-state index in [-0.39, 0.29) is 6.29 Å². The van der Waals surface area contributed by atoms with Crippen molar-refractivity contribution in [2.75, 3.05) is 33.0 Å². The summed E-state index contributed by atoms with van der Waals surface area (Å²) in [6.07, 6.45) is 4.48. The zero-order chi connectivity index (χ0) is 11.9. The quantitative estimate of drug-likeness (QED) is 0.768. The maximum atomic E-state index is 5.56. The summed E-state index contributed by atoms with van der Waals surface area (Å²) in [6.45, 7) is 6.59. The fourth-order valence-corrected chi connectivity index (χ4v) is 2.64. The summed E-state index contributed by atoms with van der Waals surface area (Å²) >= 11 is 0. The Balaban J connectivity index is 1.81. The molecule has 2 fully saturated rings. The third-order valence-electron chi connectivity index (χ3n) is 3.63. The van der Waals surface area contributed by atoms with Gasteiger partial charge in [0.1, 0.15) is 0 Å². The van der Waals surface area contributed by atoms with E-state index in [1.54, 1.807) is 0 Å². The van der Waals surface area contributed by atoms with Crippen molar-refractivity contribution in [3.8, 4) is 0 Å². The van der Waals surface area contributed by atoms with Crippen LogP contribution < -0.4 is 5.32 Å². The lowest BCUT2D eigenvalue weighted by molar-refractivity contribution is -0.0610. The van der Waals surface area contributed by atoms with Crippen molar-refractivity contribution >= 4 is 0 Å². The first-order chi connectivity index (χ1) is 8.40. The highest BCUT2D eigenvalue weighted by atomic mass is 16.7. The molecule has 0 bridgehead atoms. The van der Waals surface area contributed by atoms with E-state index < -0.39 is 0 Å². The fourth-order valence-electron chi connectivity index (χ4n) is 2.64. The molecule has 2 aliphatic heterocycles. The Labute approximate surface area is 104 Å². The van der Waals surface area contributed by atoms with Crippen LogP contribution in [0.15, 0.2) is 0 Å². The van der Waals surface area contributed by atoms with E-state index in [1.807, 2.05) is 0 Å². The zero-order valence-electron chi connectivity index (χ0n) is 10.8. The van der Waals surface area contributed by atoms with Gasteiger partial charge in [-0.3, -0.25) is 0 Å². The predicted molar refractivity (Wildman–Crippen MR) is 65.9 cm³/mol. The Kier molecular flexibility index (Phi) is 5.71. The lowest BCUT2D eigenvalue weighted by Crippen LogP contribution is -2.41. The minimum atomic E-state index is 0.00667. The van der Waals surface area contributed by atoms with E-state index in [1.165, 1.54) is 6.42 Å². The van der Waals surface area contributed by atoms with Gasteiger partial charge in [0, 0.05) is 25.7 Å². The van der Waals surface area contributed by atoms with E-state index in [2.05, 4.69) is 12.2 Å². The molecule has 0 aromatic rings. The van der Waals surface area contributed by atoms with Crippen molar-refractivity contribution in [1.82, 2.24) is 5.32 Å². The molecule has 1 atom stereocenters. The topological polar surface area (TPSA) is 39.7 Å². The van der Waals surface area contributed by atoms with Crippen LogP contribution in [0, 0.1) is 5.92 Å². The highest BCUT2D eigenvalue weighted by Gasteiger charge is 2.28. The summed E-state index contributed by atoms with van der Waals surface area (Å²) in [5.41, 5.74) is 0. The molecule has 2 heterocycles. The van der Waals surface area contributed by atoms with Crippen LogP contribution in [0.25, 0.3) is 0 Å². The van der Waals surface area contributed by atoms with E-state index in [0.29, 0.717) is 12.0 Å². The summed E-state index contributed by atoms with van der Waals surface area (Å²) in [5, 5.41) is 3.65. The normalized spacial score (nSPS) is 25.2. The van der Waals surface area contributed by atoms with Crippen LogP contribution in [-0.4, -0.2) is 45.3 Å². The molecular formula is C13H25NO3. The smallest absolute Gasteiger partial charge is 0.159 e. The summed E-state index contributed by atoms with van der Waals surface area (Å²) < 4.78 is 16.6. The van der Waals surface area contributed by atoms with Gasteiger partial charge in [0.15, 0.2) is 6.29 Å². The Bertz CT molecular complexity index is 201. The lowest BCUT2D eigenvalue weighted by atomic mass is 9.89. The van der Waals surface area contributed by atoms with Crippen molar-refractivity contribution in [2.24, 2.45) is 5.92 Å². The van der Waals surface area contributed by atoms with E-state index in [0.717, 1.165) is 52.2 Å². The molecule has 4 nitrogen and oxygen atoms in total. The number of rotatable bonds is 6. The molecule has 100 valence electrons. The van der Waals surface area contributed by atoms with Gasteiger partial charge in [-0.05, 0) is 31.7 Å². The first-order valence-electron chi connectivity index (χ1n) is 6.94. The molecule has 4 heteroatoms. The molecule has 0 spiro atoms. The minimum absolute atomic E-state index is 0.00667. The Morgan fingerprint density at radius 1 is 1.12 bits per heavy atom. The van der Waals surface area contributed by atoms with Crippen molar-refractivity contribution < 1.29 is 14.2 Å². The highest BCUT2D eigenvalue weighted by Crippen LogP contribution is 2.24. The van der Waals surface area contributed by atoms with Crippen LogP contribution >= 0.6 is 0 Å². The highest BCUT2D eigenvalue weighted by molar-refractivity contribution is 4.80. The molecule has 1 N–H and O–H groups in total. The van der Waals surface area contributed by atoms with Gasteiger partial charge >= 0.3 is 0 Å². The van der Waals surface area contributed by atoms with Crippen molar-refractivity contribution in [1.29, 1.82) is 0 Å². The Morgan fingerprint density at radius 2 is 1.82 bits per heavy atom. The largest absolute Gasteiger partial charge is 0.381 e. The molecule has 2 saturated heterocycles. The molecule has 2 rings (SSSR count). The van der Waals surface area contributed by atoms with Crippen molar-refractivity contribution in [3.05, 3.63) is 0 Å². The predicted octanol–water partition coefficient (Wildman–Crippen LogP) is 1.54. The minimum Gasteiger partial charge on any atom is -0.381 e. The Morgan fingerprint density at radius 3 is 2.47 bits per heavy atom. The molecule has 0 aliphatic carbocycles. The molecule has 0 amide bonds. The van der Waals surface area contributed by atoms with Crippen LogP contribution in [0.3, 0.4) is 0 Å². The fraction of sp³-hybridized carbons (Fsp3) is 1.00. The van der Waals surface area contributed by atoms with Gasteiger partial charge in [-0.1, -0.05) is 6.92 Å². The second-order valence-electron chi connectivity index (χ2n) is 4.92. The molecule has 0 aromatic carbocycles. The molecular weight excluding hydrogens is 218 g/mol. The maximum Gasteiger partial charge on any atom is 0.159 e. The summed E-state index contributed by atoms with van der Waals surface area (Å²) in [5.74, 6) is 0.711. The third-order valence-corrected chi connectivity index (χ3v) is 3.63. The second-order valence-corrected chi connectivity index (χ2v) is 4.92. The average Bonchev–Trinajstić information content (AvgIpc) is 2.88. The lowest BCUT2D eigenvalue weighted by Gasteiger charge is -2.32. The number of nitrogens with one attached hydrogen (secondary N) is 1. The van der Waals surface area contributed by atoms with Gasteiger partial charge in [0.2, 0.25) is 0 Å². The van der Waals surface area contributed by atoms with Crippen LogP contribution in [-0.2, 0) is 14.2 Å². The number of hydrogen-bond donors (Lipinski definition) is 1. The van der Waals surface area contributed by atoms with Crippen LogP contribution in [0.2, 0.25) is 0 Å². The summed E-state index contributed by atoms with van der Waals surface area (Å²) in [7, 11) is 0. The van der Waals surface area contributed by atoms with E-state index in [9.17, 15) is 0 Å². The van der Waals surface area contributed by atoms with E-state index in [4.69, 9.17) is 14.2 Å². The van der Waals surface area contributed by atoms with Gasteiger partial charge < -0.3 is 19.5 Å². The van der Waals surface area contributed by atoms with Crippen LogP contribution in [0.4, 0.5) is 0 Å². The van der Waals surface area contributed by atoms with Gasteiger partial charge in [-0.15, -0.1) is 0 Å². The molecule has 1 unspecified atom stereocenters.